The number of amides is 2. The van der Waals surface area contributed by atoms with Crippen LogP contribution in [0.1, 0.15) is 11.9 Å². The highest BCUT2D eigenvalue weighted by atomic mass is 32.1. The molecule has 1 unspecified atom stereocenters. The van der Waals surface area contributed by atoms with E-state index in [0.717, 1.165) is 4.90 Å². The van der Waals surface area contributed by atoms with Crippen LogP contribution < -0.4 is 5.32 Å². The number of urea groups is 1. The fourth-order valence-electron chi connectivity index (χ4n) is 1.15. The molecular weight excluding hydrogens is 301 g/mol. The molecule has 0 saturated carbocycles. The number of aromatic nitrogens is 2. The van der Waals surface area contributed by atoms with Crippen molar-refractivity contribution in [2.75, 3.05) is 18.9 Å². The molecule has 2 amide bonds. The van der Waals surface area contributed by atoms with Gasteiger partial charge in [-0.1, -0.05) is 18.3 Å². The van der Waals surface area contributed by atoms with Gasteiger partial charge in [0.15, 0.2) is 0 Å². The van der Waals surface area contributed by atoms with E-state index in [1.165, 1.54) is 14.0 Å². The average Bonchev–Trinajstić information content (AvgIpc) is 2.76. The van der Waals surface area contributed by atoms with Crippen LogP contribution in [0.15, 0.2) is 0 Å². The summed E-state index contributed by atoms with van der Waals surface area (Å²) in [6.45, 7) is 1.31. The molecule has 1 rings (SSSR count). The molecule has 0 saturated heterocycles. The molecule has 1 aromatic rings. The lowest BCUT2D eigenvalue weighted by Crippen LogP contribution is -2.36. The Bertz CT molecular complexity index is 505. The zero-order valence-electron chi connectivity index (χ0n) is 10.4. The molecule has 1 atom stereocenters. The van der Waals surface area contributed by atoms with E-state index >= 15 is 0 Å². The average molecular weight is 312 g/mol. The molecule has 0 aliphatic heterocycles. The molecule has 112 valence electrons. The lowest BCUT2D eigenvalue weighted by atomic mass is 10.2. The molecule has 0 radical (unpaired) electrons. The zero-order chi connectivity index (χ0) is 15.5. The van der Waals surface area contributed by atoms with Crippen LogP contribution in [0.4, 0.5) is 23.1 Å². The monoisotopic (exact) mass is 312 g/mol. The maximum absolute atomic E-state index is 12.3. The van der Waals surface area contributed by atoms with E-state index in [0.29, 0.717) is 0 Å². The maximum Gasteiger partial charge on any atom is 0.445 e. The molecule has 7 nitrogen and oxygen atoms in total. The minimum Gasteiger partial charge on any atom is -0.481 e. The summed E-state index contributed by atoms with van der Waals surface area (Å²) in [5.74, 6) is -1.88. The Labute approximate surface area is 115 Å². The Balaban J connectivity index is 2.62. The van der Waals surface area contributed by atoms with Gasteiger partial charge in [0.2, 0.25) is 10.1 Å². The third-order valence-corrected chi connectivity index (χ3v) is 3.08. The van der Waals surface area contributed by atoms with Gasteiger partial charge in [0.1, 0.15) is 0 Å². The van der Waals surface area contributed by atoms with Crippen molar-refractivity contribution in [1.29, 1.82) is 0 Å². The van der Waals surface area contributed by atoms with Crippen LogP contribution in [0.5, 0.6) is 0 Å². The minimum absolute atomic E-state index is 0.0912. The molecule has 0 spiro atoms. The van der Waals surface area contributed by atoms with Crippen molar-refractivity contribution in [2.45, 2.75) is 13.1 Å². The third kappa shape index (κ3) is 4.33. The number of carbonyl (C=O) groups excluding carboxylic acids is 1. The third-order valence-electron chi connectivity index (χ3n) is 2.20. The number of nitrogens with zero attached hydrogens (tertiary/aromatic N) is 3. The molecule has 1 aromatic heterocycles. The van der Waals surface area contributed by atoms with Crippen molar-refractivity contribution in [3.63, 3.8) is 0 Å². The van der Waals surface area contributed by atoms with E-state index in [1.54, 1.807) is 0 Å². The van der Waals surface area contributed by atoms with Crippen LogP contribution in [0.3, 0.4) is 0 Å². The number of hydrogen-bond acceptors (Lipinski definition) is 5. The summed E-state index contributed by atoms with van der Waals surface area (Å²) < 4.78 is 36.8. The number of rotatable bonds is 4. The zero-order valence-corrected chi connectivity index (χ0v) is 11.2. The van der Waals surface area contributed by atoms with Crippen LogP contribution in [-0.2, 0) is 11.0 Å². The SMILES string of the molecule is CC(CN(C)C(=O)Nc1nnc(C(F)(F)F)s1)C(=O)O. The first-order valence-corrected chi connectivity index (χ1v) is 6.08. The van der Waals surface area contributed by atoms with Crippen LogP contribution in [0.2, 0.25) is 0 Å². The first-order valence-electron chi connectivity index (χ1n) is 5.27. The number of carbonyl (C=O) groups is 2. The first kappa shape index (κ1) is 16.1. The van der Waals surface area contributed by atoms with Gasteiger partial charge in [0.25, 0.3) is 0 Å². The van der Waals surface area contributed by atoms with E-state index in [4.69, 9.17) is 5.11 Å². The quantitative estimate of drug-likeness (QED) is 0.883. The summed E-state index contributed by atoms with van der Waals surface area (Å²) in [5, 5.41) is 15.4. The smallest absolute Gasteiger partial charge is 0.445 e. The fourth-order valence-corrected chi connectivity index (χ4v) is 1.75. The van der Waals surface area contributed by atoms with Gasteiger partial charge in [0.05, 0.1) is 5.92 Å². The van der Waals surface area contributed by atoms with E-state index in [9.17, 15) is 22.8 Å². The second-order valence-corrected chi connectivity index (χ2v) is 4.94. The Morgan fingerprint density at radius 2 is 2.05 bits per heavy atom. The molecular formula is C9H11F3N4O3S. The second-order valence-electron chi connectivity index (χ2n) is 3.96. The van der Waals surface area contributed by atoms with Gasteiger partial charge in [-0.15, -0.1) is 10.2 Å². The highest BCUT2D eigenvalue weighted by Crippen LogP contribution is 2.32. The van der Waals surface area contributed by atoms with E-state index < -0.39 is 29.1 Å². The lowest BCUT2D eigenvalue weighted by molar-refractivity contribution is -0.141. The fraction of sp³-hybridized carbons (Fsp3) is 0.556. The maximum atomic E-state index is 12.3. The van der Waals surface area contributed by atoms with Crippen LogP contribution in [-0.4, -0.2) is 45.8 Å². The number of anilines is 1. The molecule has 0 aliphatic carbocycles. The molecule has 0 aliphatic rings. The van der Waals surface area contributed by atoms with Crippen molar-refractivity contribution in [2.24, 2.45) is 5.92 Å². The number of carboxylic acids is 1. The molecule has 11 heteroatoms. The van der Waals surface area contributed by atoms with Crippen molar-refractivity contribution in [3.8, 4) is 0 Å². The van der Waals surface area contributed by atoms with E-state index in [1.807, 2.05) is 0 Å². The molecule has 20 heavy (non-hydrogen) atoms. The Kier molecular flexibility index (Phi) is 4.87. The van der Waals surface area contributed by atoms with Gasteiger partial charge in [-0.2, -0.15) is 13.2 Å². The van der Waals surface area contributed by atoms with Crippen LogP contribution in [0.25, 0.3) is 0 Å². The van der Waals surface area contributed by atoms with Crippen molar-refractivity contribution >= 4 is 28.5 Å². The summed E-state index contributed by atoms with van der Waals surface area (Å²) in [6, 6.07) is -0.761. The summed E-state index contributed by atoms with van der Waals surface area (Å²) in [7, 11) is 1.32. The molecule has 0 aromatic carbocycles. The molecule has 0 bridgehead atoms. The van der Waals surface area contributed by atoms with Gasteiger partial charge in [-0.3, -0.25) is 10.1 Å². The van der Waals surface area contributed by atoms with E-state index in [-0.39, 0.29) is 23.0 Å². The number of alkyl halides is 3. The van der Waals surface area contributed by atoms with Gasteiger partial charge in [-0.25, -0.2) is 4.79 Å². The summed E-state index contributed by atoms with van der Waals surface area (Å²) in [5.41, 5.74) is 0. The summed E-state index contributed by atoms with van der Waals surface area (Å²) in [4.78, 5) is 23.3. The second kappa shape index (κ2) is 6.03. The molecule has 1 heterocycles. The predicted molar refractivity (Wildman–Crippen MR) is 63.4 cm³/mol. The van der Waals surface area contributed by atoms with E-state index in [2.05, 4.69) is 15.5 Å². The van der Waals surface area contributed by atoms with Crippen molar-refractivity contribution < 1.29 is 27.9 Å². The van der Waals surface area contributed by atoms with Crippen molar-refractivity contribution in [3.05, 3.63) is 5.01 Å². The van der Waals surface area contributed by atoms with Crippen molar-refractivity contribution in [1.82, 2.24) is 15.1 Å². The van der Waals surface area contributed by atoms with Gasteiger partial charge in [-0.05, 0) is 0 Å². The Hall–Kier alpha value is -1.91. The van der Waals surface area contributed by atoms with Gasteiger partial charge in [0, 0.05) is 13.6 Å². The van der Waals surface area contributed by atoms with Crippen LogP contribution in [0, 0.1) is 5.92 Å². The Morgan fingerprint density at radius 3 is 2.50 bits per heavy atom. The number of nitrogens with one attached hydrogen (secondary N) is 1. The molecule has 0 fully saturated rings. The molecule has 2 N–H and O–H groups in total. The van der Waals surface area contributed by atoms with Crippen LogP contribution >= 0.6 is 11.3 Å². The van der Waals surface area contributed by atoms with Gasteiger partial charge < -0.3 is 10.0 Å². The summed E-state index contributed by atoms with van der Waals surface area (Å²) in [6.07, 6.45) is -4.62. The number of aliphatic carboxylic acids is 1. The normalized spacial score (nSPS) is 12.8. The highest BCUT2D eigenvalue weighted by Gasteiger charge is 2.35. The largest absolute Gasteiger partial charge is 0.481 e. The standard InChI is InChI=1S/C9H11F3N4O3S/c1-4(5(17)18)3-16(2)8(19)13-7-15-14-6(20-7)9(10,11)12/h4H,3H2,1-2H3,(H,17,18)(H,13,15,19). The van der Waals surface area contributed by atoms with Gasteiger partial charge >= 0.3 is 18.2 Å². The highest BCUT2D eigenvalue weighted by molar-refractivity contribution is 7.15. The summed E-state index contributed by atoms with van der Waals surface area (Å²) >= 11 is 0.189. The lowest BCUT2D eigenvalue weighted by Gasteiger charge is -2.18. The number of carboxylic acid groups (broad SMARTS) is 1. The minimum atomic E-state index is -4.62. The predicted octanol–water partition coefficient (Wildman–Crippen LogP) is 1.74. The number of halogens is 3. The Morgan fingerprint density at radius 1 is 1.45 bits per heavy atom. The topological polar surface area (TPSA) is 95.4 Å². The number of hydrogen-bond donors (Lipinski definition) is 2. The first-order chi connectivity index (χ1) is 9.11.